The summed E-state index contributed by atoms with van der Waals surface area (Å²) in [6.45, 7) is 1.22. The molecule has 1 saturated heterocycles. The highest BCUT2D eigenvalue weighted by Crippen LogP contribution is 2.21. The molecule has 1 fully saturated rings. The number of carbonyl (C=O) groups excluding carboxylic acids is 2. The molecule has 0 aromatic heterocycles. The number of rotatable bonds is 5. The number of ether oxygens (including phenoxy) is 1. The van der Waals surface area contributed by atoms with Gasteiger partial charge < -0.3 is 15.0 Å². The first-order valence-corrected chi connectivity index (χ1v) is 7.99. The van der Waals surface area contributed by atoms with Gasteiger partial charge in [-0.15, -0.1) is 0 Å². The molecular weight excluding hydrogens is 304 g/mol. The first-order valence-electron chi connectivity index (χ1n) is 7.99. The standard InChI is InChI=1S/C19H20N2O3/c1-24-17-5-2-4-15(12-17)19(23)20-13-14-7-9-16(10-8-14)21-11-3-6-18(21)22/h2,4-5,7-10,12H,3,6,11,13H2,1H3,(H,20,23). The Morgan fingerprint density at radius 2 is 2.00 bits per heavy atom. The van der Waals surface area contributed by atoms with Crippen LogP contribution < -0.4 is 15.0 Å². The molecular formula is C19H20N2O3. The van der Waals surface area contributed by atoms with E-state index in [-0.39, 0.29) is 11.8 Å². The molecule has 0 atom stereocenters. The van der Waals surface area contributed by atoms with Gasteiger partial charge in [0.2, 0.25) is 5.91 Å². The van der Waals surface area contributed by atoms with Crippen LogP contribution in [0.2, 0.25) is 0 Å². The van der Waals surface area contributed by atoms with Crippen LogP contribution in [0, 0.1) is 0 Å². The maximum Gasteiger partial charge on any atom is 0.251 e. The van der Waals surface area contributed by atoms with Crippen molar-refractivity contribution in [1.82, 2.24) is 5.32 Å². The number of benzene rings is 2. The number of anilines is 1. The minimum absolute atomic E-state index is 0.146. The molecule has 0 spiro atoms. The second-order valence-electron chi connectivity index (χ2n) is 5.73. The van der Waals surface area contributed by atoms with E-state index in [4.69, 9.17) is 4.74 Å². The SMILES string of the molecule is COc1cccc(C(=O)NCc2ccc(N3CCCC3=O)cc2)c1. The van der Waals surface area contributed by atoms with Crippen LogP contribution in [0.1, 0.15) is 28.8 Å². The number of methoxy groups -OCH3 is 1. The van der Waals surface area contributed by atoms with E-state index in [9.17, 15) is 9.59 Å². The van der Waals surface area contributed by atoms with Gasteiger partial charge in [-0.25, -0.2) is 0 Å². The molecule has 1 heterocycles. The lowest BCUT2D eigenvalue weighted by Gasteiger charge is -2.16. The van der Waals surface area contributed by atoms with Crippen molar-refractivity contribution in [3.05, 3.63) is 59.7 Å². The summed E-state index contributed by atoms with van der Waals surface area (Å²) in [6.07, 6.45) is 1.54. The average Bonchev–Trinajstić information content (AvgIpc) is 3.06. The fraction of sp³-hybridized carbons (Fsp3) is 0.263. The molecule has 124 valence electrons. The van der Waals surface area contributed by atoms with Gasteiger partial charge in [-0.1, -0.05) is 18.2 Å². The molecule has 1 N–H and O–H groups in total. The van der Waals surface area contributed by atoms with E-state index in [2.05, 4.69) is 5.32 Å². The minimum atomic E-state index is -0.146. The molecule has 2 aromatic rings. The summed E-state index contributed by atoms with van der Waals surface area (Å²) >= 11 is 0. The fourth-order valence-electron chi connectivity index (χ4n) is 2.76. The van der Waals surface area contributed by atoms with Crippen molar-refractivity contribution in [2.24, 2.45) is 0 Å². The van der Waals surface area contributed by atoms with E-state index in [0.717, 1.165) is 24.2 Å². The molecule has 0 aliphatic carbocycles. The third-order valence-electron chi connectivity index (χ3n) is 4.11. The Balaban J connectivity index is 1.60. The molecule has 24 heavy (non-hydrogen) atoms. The molecule has 0 bridgehead atoms. The number of nitrogens with zero attached hydrogens (tertiary/aromatic N) is 1. The van der Waals surface area contributed by atoms with Crippen LogP contribution in [0.3, 0.4) is 0 Å². The lowest BCUT2D eigenvalue weighted by atomic mass is 10.1. The number of carbonyl (C=O) groups is 2. The van der Waals surface area contributed by atoms with Gasteiger partial charge in [0.1, 0.15) is 5.75 Å². The Hall–Kier alpha value is -2.82. The molecule has 0 radical (unpaired) electrons. The van der Waals surface area contributed by atoms with Gasteiger partial charge in [0, 0.05) is 30.8 Å². The average molecular weight is 324 g/mol. The van der Waals surface area contributed by atoms with Gasteiger partial charge in [0.25, 0.3) is 5.91 Å². The molecule has 2 amide bonds. The Morgan fingerprint density at radius 3 is 2.67 bits per heavy atom. The van der Waals surface area contributed by atoms with Crippen molar-refractivity contribution in [2.45, 2.75) is 19.4 Å². The van der Waals surface area contributed by atoms with E-state index in [0.29, 0.717) is 24.3 Å². The third-order valence-corrected chi connectivity index (χ3v) is 4.11. The fourth-order valence-corrected chi connectivity index (χ4v) is 2.76. The molecule has 2 aromatic carbocycles. The van der Waals surface area contributed by atoms with Crippen LogP contribution in [0.15, 0.2) is 48.5 Å². The molecule has 3 rings (SSSR count). The third kappa shape index (κ3) is 3.56. The maximum absolute atomic E-state index is 12.2. The van der Waals surface area contributed by atoms with E-state index in [1.54, 1.807) is 36.3 Å². The van der Waals surface area contributed by atoms with Crippen molar-refractivity contribution >= 4 is 17.5 Å². The first-order chi connectivity index (χ1) is 11.7. The Kier molecular flexibility index (Phi) is 4.79. The number of hydrogen-bond donors (Lipinski definition) is 1. The number of nitrogens with one attached hydrogen (secondary N) is 1. The summed E-state index contributed by atoms with van der Waals surface area (Å²) in [5.41, 5.74) is 2.47. The van der Waals surface area contributed by atoms with E-state index in [1.807, 2.05) is 24.3 Å². The van der Waals surface area contributed by atoms with Gasteiger partial charge in [0.15, 0.2) is 0 Å². The molecule has 1 aliphatic rings. The zero-order chi connectivity index (χ0) is 16.9. The molecule has 1 aliphatic heterocycles. The second-order valence-corrected chi connectivity index (χ2v) is 5.73. The number of amides is 2. The van der Waals surface area contributed by atoms with E-state index >= 15 is 0 Å². The monoisotopic (exact) mass is 324 g/mol. The number of hydrogen-bond acceptors (Lipinski definition) is 3. The zero-order valence-electron chi connectivity index (χ0n) is 13.6. The lowest BCUT2D eigenvalue weighted by Crippen LogP contribution is -2.24. The van der Waals surface area contributed by atoms with Gasteiger partial charge in [-0.2, -0.15) is 0 Å². The Labute approximate surface area is 141 Å². The van der Waals surface area contributed by atoms with Crippen molar-refractivity contribution in [1.29, 1.82) is 0 Å². The summed E-state index contributed by atoms with van der Waals surface area (Å²) in [5, 5.41) is 2.89. The summed E-state index contributed by atoms with van der Waals surface area (Å²) in [6, 6.07) is 14.8. The second kappa shape index (κ2) is 7.17. The highest BCUT2D eigenvalue weighted by molar-refractivity contribution is 5.95. The smallest absolute Gasteiger partial charge is 0.251 e. The van der Waals surface area contributed by atoms with E-state index < -0.39 is 0 Å². The maximum atomic E-state index is 12.2. The topological polar surface area (TPSA) is 58.6 Å². The van der Waals surface area contributed by atoms with Gasteiger partial charge in [0.05, 0.1) is 7.11 Å². The highest BCUT2D eigenvalue weighted by atomic mass is 16.5. The van der Waals surface area contributed by atoms with Crippen molar-refractivity contribution in [3.63, 3.8) is 0 Å². The molecule has 5 heteroatoms. The highest BCUT2D eigenvalue weighted by Gasteiger charge is 2.21. The summed E-state index contributed by atoms with van der Waals surface area (Å²) in [7, 11) is 1.57. The normalized spacial score (nSPS) is 13.9. The van der Waals surface area contributed by atoms with Crippen LogP contribution in [0.25, 0.3) is 0 Å². The van der Waals surface area contributed by atoms with E-state index in [1.165, 1.54) is 0 Å². The van der Waals surface area contributed by atoms with Crippen LogP contribution in [-0.4, -0.2) is 25.5 Å². The van der Waals surface area contributed by atoms with Gasteiger partial charge in [-0.3, -0.25) is 9.59 Å². The first kappa shape index (κ1) is 16.1. The van der Waals surface area contributed by atoms with Crippen LogP contribution in [0.4, 0.5) is 5.69 Å². The van der Waals surface area contributed by atoms with Crippen LogP contribution in [-0.2, 0) is 11.3 Å². The van der Waals surface area contributed by atoms with Gasteiger partial charge >= 0.3 is 0 Å². The van der Waals surface area contributed by atoms with Gasteiger partial charge in [-0.05, 0) is 42.3 Å². The predicted molar refractivity (Wildman–Crippen MR) is 92.2 cm³/mol. The van der Waals surface area contributed by atoms with Crippen LogP contribution >= 0.6 is 0 Å². The van der Waals surface area contributed by atoms with Crippen LogP contribution in [0.5, 0.6) is 5.75 Å². The molecule has 5 nitrogen and oxygen atoms in total. The van der Waals surface area contributed by atoms with Crippen molar-refractivity contribution in [2.75, 3.05) is 18.6 Å². The largest absolute Gasteiger partial charge is 0.497 e. The Morgan fingerprint density at radius 1 is 1.21 bits per heavy atom. The lowest BCUT2D eigenvalue weighted by molar-refractivity contribution is -0.117. The summed E-state index contributed by atoms with van der Waals surface area (Å²) in [5.74, 6) is 0.684. The zero-order valence-corrected chi connectivity index (χ0v) is 13.6. The molecule has 0 unspecified atom stereocenters. The minimum Gasteiger partial charge on any atom is -0.497 e. The quantitative estimate of drug-likeness (QED) is 0.920. The predicted octanol–water partition coefficient (Wildman–Crippen LogP) is 2.75. The molecule has 0 saturated carbocycles. The van der Waals surface area contributed by atoms with Crippen molar-refractivity contribution in [3.8, 4) is 5.75 Å². The summed E-state index contributed by atoms with van der Waals surface area (Å²) < 4.78 is 5.13. The van der Waals surface area contributed by atoms with Crippen molar-refractivity contribution < 1.29 is 14.3 Å². The summed E-state index contributed by atoms with van der Waals surface area (Å²) in [4.78, 5) is 25.7. The Bertz CT molecular complexity index is 741.